The number of hydrogen-bond donors (Lipinski definition) is 2. The summed E-state index contributed by atoms with van der Waals surface area (Å²) in [6.45, 7) is 0. The quantitative estimate of drug-likeness (QED) is 0.746. The van der Waals surface area contributed by atoms with Gasteiger partial charge >= 0.3 is 5.97 Å². The Morgan fingerprint density at radius 2 is 2.38 bits per heavy atom. The van der Waals surface area contributed by atoms with Crippen LogP contribution in [-0.4, -0.2) is 27.8 Å². The molecular weight excluding hydrogens is 216 g/mol. The van der Waals surface area contributed by atoms with Gasteiger partial charge in [0.2, 0.25) is 5.91 Å². The molecule has 0 unspecified atom stereocenters. The molecule has 5 nitrogen and oxygen atoms in total. The minimum Gasteiger partial charge on any atom is -0.476 e. The van der Waals surface area contributed by atoms with Crippen LogP contribution in [0.1, 0.15) is 10.5 Å². The lowest BCUT2D eigenvalue weighted by atomic mass is 10.5. The van der Waals surface area contributed by atoms with Gasteiger partial charge in [0.25, 0.3) is 0 Å². The van der Waals surface area contributed by atoms with Gasteiger partial charge in [0.05, 0.1) is 0 Å². The Bertz CT molecular complexity index is 338. The van der Waals surface area contributed by atoms with Crippen molar-refractivity contribution in [2.24, 2.45) is 0 Å². The molecule has 13 heavy (non-hydrogen) atoms. The topological polar surface area (TPSA) is 79.3 Å². The van der Waals surface area contributed by atoms with E-state index in [1.807, 2.05) is 0 Å². The highest BCUT2D eigenvalue weighted by Crippen LogP contribution is 2.14. The van der Waals surface area contributed by atoms with Gasteiger partial charge < -0.3 is 10.4 Å². The van der Waals surface area contributed by atoms with E-state index in [-0.39, 0.29) is 16.7 Å². The maximum Gasteiger partial charge on any atom is 0.355 e. The van der Waals surface area contributed by atoms with Crippen molar-refractivity contribution >= 4 is 39.9 Å². The fourth-order valence-corrected chi connectivity index (χ4v) is 1.35. The van der Waals surface area contributed by atoms with Crippen LogP contribution in [0.5, 0.6) is 0 Å². The number of carbonyl (C=O) groups is 2. The van der Waals surface area contributed by atoms with Crippen molar-refractivity contribution in [2.45, 2.75) is 0 Å². The number of halogens is 1. The van der Waals surface area contributed by atoms with Crippen LogP contribution in [-0.2, 0) is 4.79 Å². The summed E-state index contributed by atoms with van der Waals surface area (Å²) in [4.78, 5) is 24.7. The van der Waals surface area contributed by atoms with Crippen LogP contribution < -0.4 is 5.32 Å². The number of alkyl halides is 1. The predicted molar refractivity (Wildman–Crippen MR) is 48.4 cm³/mol. The molecule has 0 atom stereocenters. The number of aromatic nitrogens is 1. The minimum atomic E-state index is -1.12. The van der Waals surface area contributed by atoms with E-state index < -0.39 is 11.9 Å². The molecule has 0 radical (unpaired) electrons. The molecule has 0 fully saturated rings. The summed E-state index contributed by atoms with van der Waals surface area (Å²) in [5.74, 6) is -1.71. The second-order valence-electron chi connectivity index (χ2n) is 2.02. The van der Waals surface area contributed by atoms with Crippen LogP contribution >= 0.6 is 22.9 Å². The maximum atomic E-state index is 10.7. The first-order chi connectivity index (χ1) is 6.13. The standard InChI is InChI=1S/C6H5ClN2O3S/c7-1-4(10)9-6-8-3(2-13-6)5(11)12/h2H,1H2,(H,11,12)(H,8,9,10). The molecule has 1 amide bonds. The molecule has 0 aromatic carbocycles. The lowest BCUT2D eigenvalue weighted by Crippen LogP contribution is -2.12. The highest BCUT2D eigenvalue weighted by Gasteiger charge is 2.09. The van der Waals surface area contributed by atoms with Crippen molar-refractivity contribution in [1.29, 1.82) is 0 Å². The first-order valence-corrected chi connectivity index (χ1v) is 4.59. The largest absolute Gasteiger partial charge is 0.476 e. The molecule has 1 aromatic rings. The molecule has 0 spiro atoms. The normalized spacial score (nSPS) is 9.62. The summed E-state index contributed by atoms with van der Waals surface area (Å²) in [5, 5.41) is 12.4. The second-order valence-corrected chi connectivity index (χ2v) is 3.15. The number of carbonyl (C=O) groups excluding carboxylic acids is 1. The Morgan fingerprint density at radius 1 is 1.69 bits per heavy atom. The third-order valence-electron chi connectivity index (χ3n) is 1.09. The van der Waals surface area contributed by atoms with E-state index in [1.54, 1.807) is 0 Å². The molecule has 0 saturated carbocycles. The number of aromatic carboxylic acids is 1. The van der Waals surface area contributed by atoms with Gasteiger partial charge in [0.15, 0.2) is 10.8 Å². The number of amides is 1. The number of nitrogens with one attached hydrogen (secondary N) is 1. The van der Waals surface area contributed by atoms with E-state index in [4.69, 9.17) is 16.7 Å². The predicted octanol–water partition coefficient (Wildman–Crippen LogP) is 1.02. The molecule has 1 heterocycles. The zero-order chi connectivity index (χ0) is 9.84. The summed E-state index contributed by atoms with van der Waals surface area (Å²) in [6.07, 6.45) is 0. The SMILES string of the molecule is O=C(CCl)Nc1nc(C(=O)O)cs1. The van der Waals surface area contributed by atoms with Gasteiger partial charge in [-0.15, -0.1) is 22.9 Å². The summed E-state index contributed by atoms with van der Waals surface area (Å²) >= 11 is 6.26. The monoisotopic (exact) mass is 220 g/mol. The number of thiazole rings is 1. The smallest absolute Gasteiger partial charge is 0.355 e. The van der Waals surface area contributed by atoms with Gasteiger partial charge in [0.1, 0.15) is 5.88 Å². The summed E-state index contributed by atoms with van der Waals surface area (Å²) < 4.78 is 0. The number of rotatable bonds is 3. The Hall–Kier alpha value is -1.14. The number of hydrogen-bond acceptors (Lipinski definition) is 4. The zero-order valence-electron chi connectivity index (χ0n) is 6.28. The van der Waals surface area contributed by atoms with Crippen molar-refractivity contribution in [3.63, 3.8) is 0 Å². The Balaban J connectivity index is 2.69. The van der Waals surface area contributed by atoms with E-state index in [9.17, 15) is 9.59 Å². The molecule has 70 valence electrons. The Kier molecular flexibility index (Phi) is 3.21. The van der Waals surface area contributed by atoms with Crippen LogP contribution in [0.4, 0.5) is 5.13 Å². The molecule has 0 bridgehead atoms. The molecule has 0 aliphatic rings. The van der Waals surface area contributed by atoms with E-state index in [0.29, 0.717) is 0 Å². The molecule has 0 aliphatic heterocycles. The molecule has 1 rings (SSSR count). The van der Waals surface area contributed by atoms with E-state index >= 15 is 0 Å². The van der Waals surface area contributed by atoms with Gasteiger partial charge in [-0.1, -0.05) is 0 Å². The number of nitrogens with zero attached hydrogens (tertiary/aromatic N) is 1. The van der Waals surface area contributed by atoms with Gasteiger partial charge in [0, 0.05) is 5.38 Å². The Morgan fingerprint density at radius 3 is 2.85 bits per heavy atom. The van der Waals surface area contributed by atoms with Gasteiger partial charge in [-0.05, 0) is 0 Å². The molecule has 2 N–H and O–H groups in total. The van der Waals surface area contributed by atoms with E-state index in [0.717, 1.165) is 11.3 Å². The number of anilines is 1. The second kappa shape index (κ2) is 4.20. The van der Waals surface area contributed by atoms with Gasteiger partial charge in [-0.3, -0.25) is 4.79 Å². The molecule has 0 aliphatic carbocycles. The number of carboxylic acid groups (broad SMARTS) is 1. The molecule has 1 aromatic heterocycles. The minimum absolute atomic E-state index is 0.0881. The molecule has 7 heteroatoms. The van der Waals surface area contributed by atoms with Crippen LogP contribution in [0.3, 0.4) is 0 Å². The van der Waals surface area contributed by atoms with Crippen LogP contribution in [0, 0.1) is 0 Å². The average molecular weight is 221 g/mol. The van der Waals surface area contributed by atoms with Gasteiger partial charge in [-0.25, -0.2) is 9.78 Å². The van der Waals surface area contributed by atoms with Crippen LogP contribution in [0.15, 0.2) is 5.38 Å². The third-order valence-corrected chi connectivity index (χ3v) is 2.09. The Labute approximate surface area is 82.4 Å². The first kappa shape index (κ1) is 9.94. The summed E-state index contributed by atoms with van der Waals surface area (Å²) in [7, 11) is 0. The average Bonchev–Trinajstić information content (AvgIpc) is 2.52. The van der Waals surface area contributed by atoms with Crippen LogP contribution in [0.2, 0.25) is 0 Å². The fraction of sp³-hybridized carbons (Fsp3) is 0.167. The highest BCUT2D eigenvalue weighted by atomic mass is 35.5. The maximum absolute atomic E-state index is 10.7. The third kappa shape index (κ3) is 2.67. The van der Waals surface area contributed by atoms with Crippen molar-refractivity contribution in [2.75, 3.05) is 11.2 Å². The summed E-state index contributed by atoms with van der Waals surface area (Å²) in [5.41, 5.74) is -0.0881. The lowest BCUT2D eigenvalue weighted by Gasteiger charge is -1.94. The van der Waals surface area contributed by atoms with Crippen LogP contribution in [0.25, 0.3) is 0 Å². The number of carboxylic acids is 1. The zero-order valence-corrected chi connectivity index (χ0v) is 7.85. The fourth-order valence-electron chi connectivity index (χ4n) is 0.582. The van der Waals surface area contributed by atoms with Crippen molar-refractivity contribution < 1.29 is 14.7 Å². The highest BCUT2D eigenvalue weighted by molar-refractivity contribution is 7.14. The van der Waals surface area contributed by atoms with E-state index in [2.05, 4.69) is 10.3 Å². The molecule has 0 saturated heterocycles. The molecular formula is C6H5ClN2O3S. The van der Waals surface area contributed by atoms with E-state index in [1.165, 1.54) is 5.38 Å². The van der Waals surface area contributed by atoms with Gasteiger partial charge in [-0.2, -0.15) is 0 Å². The summed E-state index contributed by atoms with van der Waals surface area (Å²) in [6, 6.07) is 0. The van der Waals surface area contributed by atoms with Crippen molar-refractivity contribution in [3.8, 4) is 0 Å². The van der Waals surface area contributed by atoms with Crippen molar-refractivity contribution in [3.05, 3.63) is 11.1 Å². The first-order valence-electron chi connectivity index (χ1n) is 3.18. The van der Waals surface area contributed by atoms with Crippen molar-refractivity contribution in [1.82, 2.24) is 4.98 Å². The lowest BCUT2D eigenvalue weighted by molar-refractivity contribution is -0.113.